The lowest BCUT2D eigenvalue weighted by Crippen LogP contribution is -2.38. The standard InChI is InChI=1S/C19H23N3O2S/c1-3-21(4-2)13-19(24)22-17(14-7-9-15(23)10-8-14)12-16(20-22)18-6-5-11-25-18/h5-11,17,23H,3-4,12-13H2,1-2H3/t17-/m1/s1. The van der Waals surface area contributed by atoms with Crippen molar-refractivity contribution in [3.8, 4) is 5.75 Å². The molecule has 132 valence electrons. The second-order valence-electron chi connectivity index (χ2n) is 6.04. The van der Waals surface area contributed by atoms with Gasteiger partial charge in [0.25, 0.3) is 5.91 Å². The molecule has 1 amide bonds. The maximum absolute atomic E-state index is 12.9. The molecule has 1 N–H and O–H groups in total. The summed E-state index contributed by atoms with van der Waals surface area (Å²) in [6.07, 6.45) is 0.690. The van der Waals surface area contributed by atoms with Crippen LogP contribution in [0.1, 0.15) is 36.8 Å². The Bertz CT molecular complexity index is 737. The van der Waals surface area contributed by atoms with Gasteiger partial charge < -0.3 is 5.11 Å². The average molecular weight is 357 g/mol. The van der Waals surface area contributed by atoms with E-state index >= 15 is 0 Å². The van der Waals surface area contributed by atoms with Crippen LogP contribution in [-0.2, 0) is 4.79 Å². The number of hydrazone groups is 1. The van der Waals surface area contributed by atoms with E-state index < -0.39 is 0 Å². The van der Waals surface area contributed by atoms with Gasteiger partial charge in [-0.25, -0.2) is 5.01 Å². The highest BCUT2D eigenvalue weighted by Gasteiger charge is 2.33. The maximum atomic E-state index is 12.9. The molecule has 1 atom stereocenters. The quantitative estimate of drug-likeness (QED) is 0.861. The van der Waals surface area contributed by atoms with E-state index in [4.69, 9.17) is 0 Å². The number of likely N-dealkylation sites (N-methyl/N-ethyl adjacent to an activating group) is 1. The Labute approximate surface area is 152 Å². The fourth-order valence-electron chi connectivity index (χ4n) is 3.00. The minimum Gasteiger partial charge on any atom is -0.508 e. The van der Waals surface area contributed by atoms with Crippen LogP contribution in [-0.4, -0.2) is 46.3 Å². The summed E-state index contributed by atoms with van der Waals surface area (Å²) in [4.78, 5) is 16.1. The van der Waals surface area contributed by atoms with Gasteiger partial charge in [-0.15, -0.1) is 11.3 Å². The Morgan fingerprint density at radius 2 is 2.00 bits per heavy atom. The molecule has 1 aliphatic heterocycles. The zero-order chi connectivity index (χ0) is 17.8. The van der Waals surface area contributed by atoms with Crippen LogP contribution in [0.3, 0.4) is 0 Å². The van der Waals surface area contributed by atoms with Gasteiger partial charge in [0.1, 0.15) is 5.75 Å². The van der Waals surface area contributed by atoms with Crippen LogP contribution in [0.15, 0.2) is 46.9 Å². The first-order chi connectivity index (χ1) is 12.1. The van der Waals surface area contributed by atoms with E-state index in [2.05, 4.69) is 23.8 Å². The number of carbonyl (C=O) groups excluding carboxylic acids is 1. The summed E-state index contributed by atoms with van der Waals surface area (Å²) in [5, 5.41) is 17.8. The monoisotopic (exact) mass is 357 g/mol. The molecule has 2 aromatic rings. The number of thiophene rings is 1. The number of carbonyl (C=O) groups is 1. The van der Waals surface area contributed by atoms with Crippen LogP contribution in [0.4, 0.5) is 0 Å². The first kappa shape index (κ1) is 17.6. The Balaban J connectivity index is 1.87. The van der Waals surface area contributed by atoms with Crippen LogP contribution < -0.4 is 0 Å². The summed E-state index contributed by atoms with van der Waals surface area (Å²) in [6, 6.07) is 11.0. The highest BCUT2D eigenvalue weighted by atomic mass is 32.1. The van der Waals surface area contributed by atoms with E-state index in [-0.39, 0.29) is 17.7 Å². The number of phenols is 1. The van der Waals surface area contributed by atoms with E-state index in [0.717, 1.165) is 29.2 Å². The molecule has 0 aliphatic carbocycles. The lowest BCUT2D eigenvalue weighted by Gasteiger charge is -2.25. The molecule has 1 aromatic heterocycles. The minimum atomic E-state index is -0.124. The molecule has 5 nitrogen and oxygen atoms in total. The fourth-order valence-corrected chi connectivity index (χ4v) is 3.72. The van der Waals surface area contributed by atoms with Crippen molar-refractivity contribution in [3.63, 3.8) is 0 Å². The first-order valence-corrected chi connectivity index (χ1v) is 9.45. The predicted octanol–water partition coefficient (Wildman–Crippen LogP) is 3.47. The second-order valence-corrected chi connectivity index (χ2v) is 6.98. The van der Waals surface area contributed by atoms with Crippen LogP contribution in [0.5, 0.6) is 5.75 Å². The SMILES string of the molecule is CCN(CC)CC(=O)N1N=C(c2cccs2)C[C@@H]1c1ccc(O)cc1. The normalized spacial score (nSPS) is 17.2. The molecule has 0 saturated heterocycles. The molecule has 0 saturated carbocycles. The molecule has 25 heavy (non-hydrogen) atoms. The lowest BCUT2D eigenvalue weighted by molar-refractivity contribution is -0.134. The molecule has 3 rings (SSSR count). The number of benzene rings is 1. The van der Waals surface area contributed by atoms with Gasteiger partial charge in [-0.3, -0.25) is 9.69 Å². The zero-order valence-corrected chi connectivity index (χ0v) is 15.4. The van der Waals surface area contributed by atoms with Crippen LogP contribution in [0.2, 0.25) is 0 Å². The summed E-state index contributed by atoms with van der Waals surface area (Å²) in [7, 11) is 0. The number of phenolic OH excluding ortho intramolecular Hbond substituents is 1. The van der Waals surface area contributed by atoms with Crippen LogP contribution in [0, 0.1) is 0 Å². The molecule has 2 heterocycles. The molecule has 1 aliphatic rings. The molecule has 0 spiro atoms. The predicted molar refractivity (Wildman–Crippen MR) is 101 cm³/mol. The molecule has 6 heteroatoms. The Morgan fingerprint density at radius 1 is 1.28 bits per heavy atom. The number of hydrogen-bond acceptors (Lipinski definition) is 5. The third-order valence-electron chi connectivity index (χ3n) is 4.50. The van der Waals surface area contributed by atoms with Crippen molar-refractivity contribution >= 4 is 23.0 Å². The molecular weight excluding hydrogens is 334 g/mol. The molecule has 0 unspecified atom stereocenters. The van der Waals surface area contributed by atoms with Gasteiger partial charge in [-0.2, -0.15) is 5.10 Å². The van der Waals surface area contributed by atoms with Gasteiger partial charge in [-0.1, -0.05) is 32.0 Å². The van der Waals surface area contributed by atoms with E-state index in [1.165, 1.54) is 0 Å². The summed E-state index contributed by atoms with van der Waals surface area (Å²) in [6.45, 7) is 6.14. The van der Waals surface area contributed by atoms with Crippen molar-refractivity contribution in [2.75, 3.05) is 19.6 Å². The van der Waals surface area contributed by atoms with Crippen LogP contribution in [0.25, 0.3) is 0 Å². The number of rotatable bonds is 6. The Kier molecular flexibility index (Phi) is 5.50. The third-order valence-corrected chi connectivity index (χ3v) is 5.42. The topological polar surface area (TPSA) is 56.1 Å². The largest absolute Gasteiger partial charge is 0.508 e. The summed E-state index contributed by atoms with van der Waals surface area (Å²) in [5.41, 5.74) is 1.93. The molecule has 0 radical (unpaired) electrons. The van der Waals surface area contributed by atoms with Gasteiger partial charge in [0.05, 0.1) is 23.2 Å². The van der Waals surface area contributed by atoms with Gasteiger partial charge >= 0.3 is 0 Å². The molecular formula is C19H23N3O2S. The van der Waals surface area contributed by atoms with Crippen molar-refractivity contribution in [3.05, 3.63) is 52.2 Å². The molecule has 0 fully saturated rings. The number of aromatic hydroxyl groups is 1. The van der Waals surface area contributed by atoms with Gasteiger partial charge in [0, 0.05) is 6.42 Å². The average Bonchev–Trinajstić information content (AvgIpc) is 3.29. The van der Waals surface area contributed by atoms with Crippen molar-refractivity contribution in [1.29, 1.82) is 0 Å². The van der Waals surface area contributed by atoms with Gasteiger partial charge in [0.2, 0.25) is 0 Å². The van der Waals surface area contributed by atoms with Crippen molar-refractivity contribution in [2.24, 2.45) is 5.10 Å². The minimum absolute atomic E-state index is 0.00771. The Hall–Kier alpha value is -2.18. The fraction of sp³-hybridized carbons (Fsp3) is 0.368. The van der Waals surface area contributed by atoms with E-state index in [9.17, 15) is 9.90 Å². The summed E-state index contributed by atoms with van der Waals surface area (Å²) < 4.78 is 0. The van der Waals surface area contributed by atoms with E-state index in [0.29, 0.717) is 13.0 Å². The van der Waals surface area contributed by atoms with E-state index in [1.807, 2.05) is 29.6 Å². The van der Waals surface area contributed by atoms with Crippen molar-refractivity contribution < 1.29 is 9.90 Å². The number of amides is 1. The first-order valence-electron chi connectivity index (χ1n) is 8.57. The second kappa shape index (κ2) is 7.80. The number of hydrogen-bond donors (Lipinski definition) is 1. The van der Waals surface area contributed by atoms with Crippen molar-refractivity contribution in [1.82, 2.24) is 9.91 Å². The van der Waals surface area contributed by atoms with Crippen molar-refractivity contribution in [2.45, 2.75) is 26.3 Å². The smallest absolute Gasteiger partial charge is 0.257 e. The number of nitrogens with zero attached hydrogens (tertiary/aromatic N) is 3. The Morgan fingerprint density at radius 3 is 2.60 bits per heavy atom. The third kappa shape index (κ3) is 3.91. The van der Waals surface area contributed by atoms with Gasteiger partial charge in [0.15, 0.2) is 0 Å². The molecule has 0 bridgehead atoms. The zero-order valence-electron chi connectivity index (χ0n) is 14.6. The van der Waals surface area contributed by atoms with Crippen LogP contribution >= 0.6 is 11.3 Å². The van der Waals surface area contributed by atoms with E-state index in [1.54, 1.807) is 28.5 Å². The molecule has 1 aromatic carbocycles. The lowest BCUT2D eigenvalue weighted by atomic mass is 10.0. The maximum Gasteiger partial charge on any atom is 0.257 e. The summed E-state index contributed by atoms with van der Waals surface area (Å²) in [5.74, 6) is 0.232. The highest BCUT2D eigenvalue weighted by Crippen LogP contribution is 2.34. The van der Waals surface area contributed by atoms with Gasteiger partial charge in [-0.05, 0) is 42.2 Å². The highest BCUT2D eigenvalue weighted by molar-refractivity contribution is 7.12. The summed E-state index contributed by atoms with van der Waals surface area (Å²) >= 11 is 1.64.